The molecule has 23 heavy (non-hydrogen) atoms. The summed E-state index contributed by atoms with van der Waals surface area (Å²) in [5.41, 5.74) is 7.16. The quantitative estimate of drug-likeness (QED) is 0.811. The van der Waals surface area contributed by atoms with E-state index < -0.39 is 17.7 Å². The van der Waals surface area contributed by atoms with Gasteiger partial charge in [0.1, 0.15) is 17.5 Å². The number of nitriles is 1. The van der Waals surface area contributed by atoms with Crippen LogP contribution < -0.4 is 10.5 Å². The highest BCUT2D eigenvalue weighted by molar-refractivity contribution is 5.52. The lowest BCUT2D eigenvalue weighted by Crippen LogP contribution is -2.51. The SMILES string of the molecule is Cn1nnc(Cc2cc(C#N)cc3c2OC(C)(C)C(O)C3N)n1. The van der Waals surface area contributed by atoms with Crippen LogP contribution in [0.1, 0.15) is 42.4 Å². The van der Waals surface area contributed by atoms with Crippen molar-refractivity contribution in [1.29, 1.82) is 5.26 Å². The molecule has 2 unspecified atom stereocenters. The molecule has 0 aliphatic carbocycles. The second-order valence-corrected chi connectivity index (χ2v) is 6.21. The minimum absolute atomic E-state index is 0.366. The molecule has 3 rings (SSSR count). The summed E-state index contributed by atoms with van der Waals surface area (Å²) in [6, 6.07) is 4.87. The summed E-state index contributed by atoms with van der Waals surface area (Å²) in [5, 5.41) is 31.5. The standard InChI is InChI=1S/C15H18N6O2/c1-15(2)14(22)12(17)10-5-8(7-16)4-9(13(10)23-15)6-11-18-20-21(3)19-11/h4-5,12,14,22H,6,17H2,1-3H3. The molecule has 1 aromatic carbocycles. The zero-order chi connectivity index (χ0) is 16.8. The molecule has 0 fully saturated rings. The maximum absolute atomic E-state index is 10.3. The molecule has 8 heteroatoms. The van der Waals surface area contributed by atoms with Gasteiger partial charge in [0, 0.05) is 17.5 Å². The molecule has 0 bridgehead atoms. The van der Waals surface area contributed by atoms with Gasteiger partial charge in [0.25, 0.3) is 0 Å². The van der Waals surface area contributed by atoms with Crippen molar-refractivity contribution >= 4 is 0 Å². The Morgan fingerprint density at radius 2 is 2.22 bits per heavy atom. The summed E-state index contributed by atoms with van der Waals surface area (Å²) >= 11 is 0. The molecule has 1 aromatic heterocycles. The molecule has 0 saturated carbocycles. The van der Waals surface area contributed by atoms with Crippen LogP contribution in [0.3, 0.4) is 0 Å². The van der Waals surface area contributed by atoms with E-state index in [0.29, 0.717) is 29.1 Å². The molecule has 1 aliphatic rings. The van der Waals surface area contributed by atoms with Crippen LogP contribution in [-0.4, -0.2) is 37.0 Å². The van der Waals surface area contributed by atoms with Gasteiger partial charge in [-0.3, -0.25) is 0 Å². The Hall–Kier alpha value is -2.50. The molecule has 0 amide bonds. The van der Waals surface area contributed by atoms with Gasteiger partial charge in [-0.25, -0.2) is 0 Å². The van der Waals surface area contributed by atoms with Crippen molar-refractivity contribution in [1.82, 2.24) is 20.2 Å². The van der Waals surface area contributed by atoms with Crippen molar-refractivity contribution in [2.45, 2.75) is 38.0 Å². The van der Waals surface area contributed by atoms with Gasteiger partial charge in [0.2, 0.25) is 0 Å². The number of aliphatic hydroxyl groups is 1. The van der Waals surface area contributed by atoms with E-state index in [1.807, 2.05) is 0 Å². The number of ether oxygens (including phenoxy) is 1. The van der Waals surface area contributed by atoms with Crippen molar-refractivity contribution in [2.75, 3.05) is 0 Å². The highest BCUT2D eigenvalue weighted by Gasteiger charge is 2.42. The van der Waals surface area contributed by atoms with Gasteiger partial charge in [-0.2, -0.15) is 10.1 Å². The Morgan fingerprint density at radius 3 is 2.83 bits per heavy atom. The molecular formula is C15H18N6O2. The molecule has 0 spiro atoms. The average molecular weight is 314 g/mol. The molecule has 0 saturated heterocycles. The van der Waals surface area contributed by atoms with E-state index in [-0.39, 0.29) is 0 Å². The largest absolute Gasteiger partial charge is 0.484 e. The van der Waals surface area contributed by atoms with E-state index >= 15 is 0 Å². The summed E-state index contributed by atoms with van der Waals surface area (Å²) in [7, 11) is 1.68. The molecular weight excluding hydrogens is 296 g/mol. The number of rotatable bonds is 2. The third kappa shape index (κ3) is 2.65. The van der Waals surface area contributed by atoms with Gasteiger partial charge in [-0.1, -0.05) is 0 Å². The summed E-state index contributed by atoms with van der Waals surface area (Å²) < 4.78 is 5.99. The number of aromatic nitrogens is 4. The van der Waals surface area contributed by atoms with Crippen molar-refractivity contribution in [3.05, 3.63) is 34.6 Å². The second-order valence-electron chi connectivity index (χ2n) is 6.21. The van der Waals surface area contributed by atoms with Crippen LogP contribution in [0.5, 0.6) is 5.75 Å². The third-order valence-corrected chi connectivity index (χ3v) is 4.00. The first-order chi connectivity index (χ1) is 10.8. The average Bonchev–Trinajstić information content (AvgIpc) is 2.91. The van der Waals surface area contributed by atoms with E-state index in [1.54, 1.807) is 33.0 Å². The van der Waals surface area contributed by atoms with Crippen LogP contribution in [0, 0.1) is 11.3 Å². The minimum atomic E-state index is -0.869. The second kappa shape index (κ2) is 5.30. The predicted molar refractivity (Wildman–Crippen MR) is 80.4 cm³/mol. The van der Waals surface area contributed by atoms with E-state index in [0.717, 1.165) is 5.56 Å². The van der Waals surface area contributed by atoms with E-state index in [2.05, 4.69) is 21.5 Å². The fourth-order valence-corrected chi connectivity index (χ4v) is 2.77. The molecule has 0 radical (unpaired) electrons. The first kappa shape index (κ1) is 15.4. The number of hydrogen-bond acceptors (Lipinski definition) is 7. The van der Waals surface area contributed by atoms with Gasteiger partial charge in [0.05, 0.1) is 24.7 Å². The minimum Gasteiger partial charge on any atom is -0.484 e. The van der Waals surface area contributed by atoms with Gasteiger partial charge >= 0.3 is 0 Å². The van der Waals surface area contributed by atoms with E-state index in [9.17, 15) is 10.4 Å². The monoisotopic (exact) mass is 314 g/mol. The van der Waals surface area contributed by atoms with Crippen LogP contribution >= 0.6 is 0 Å². The van der Waals surface area contributed by atoms with Crippen molar-refractivity contribution in [2.24, 2.45) is 12.8 Å². The van der Waals surface area contributed by atoms with Crippen molar-refractivity contribution < 1.29 is 9.84 Å². The number of hydrogen-bond donors (Lipinski definition) is 2. The van der Waals surface area contributed by atoms with Crippen LogP contribution in [0.15, 0.2) is 12.1 Å². The molecule has 2 aromatic rings. The van der Waals surface area contributed by atoms with Crippen LogP contribution in [0.2, 0.25) is 0 Å². The van der Waals surface area contributed by atoms with E-state index in [1.165, 1.54) is 4.80 Å². The fraction of sp³-hybridized carbons (Fsp3) is 0.467. The van der Waals surface area contributed by atoms with Crippen LogP contribution in [0.25, 0.3) is 0 Å². The smallest absolute Gasteiger partial charge is 0.179 e. The molecule has 3 N–H and O–H groups in total. The maximum atomic E-state index is 10.3. The highest BCUT2D eigenvalue weighted by Crippen LogP contribution is 2.41. The first-order valence-corrected chi connectivity index (χ1v) is 7.24. The Balaban J connectivity index is 2.11. The fourth-order valence-electron chi connectivity index (χ4n) is 2.77. The van der Waals surface area contributed by atoms with Crippen LogP contribution in [-0.2, 0) is 13.5 Å². The summed E-state index contributed by atoms with van der Waals surface area (Å²) in [5.74, 6) is 1.10. The number of fused-ring (bicyclic) bond motifs is 1. The molecule has 120 valence electrons. The number of tetrazole rings is 1. The predicted octanol–water partition coefficient (Wildman–Crippen LogP) is 0.204. The maximum Gasteiger partial charge on any atom is 0.179 e. The van der Waals surface area contributed by atoms with Gasteiger partial charge < -0.3 is 15.6 Å². The lowest BCUT2D eigenvalue weighted by Gasteiger charge is -2.41. The summed E-state index contributed by atoms with van der Waals surface area (Å²) in [6.07, 6.45) is -0.503. The number of nitrogens with two attached hydrogens (primary N) is 1. The molecule has 2 atom stereocenters. The molecule has 2 heterocycles. The lowest BCUT2D eigenvalue weighted by molar-refractivity contribution is -0.0577. The molecule has 8 nitrogen and oxygen atoms in total. The number of nitrogens with zero attached hydrogens (tertiary/aromatic N) is 5. The number of aliphatic hydroxyl groups excluding tert-OH is 1. The van der Waals surface area contributed by atoms with Crippen molar-refractivity contribution in [3.8, 4) is 11.8 Å². The molecule has 1 aliphatic heterocycles. The van der Waals surface area contributed by atoms with Gasteiger partial charge in [0.15, 0.2) is 5.82 Å². The van der Waals surface area contributed by atoms with Gasteiger partial charge in [-0.15, -0.1) is 10.2 Å². The zero-order valence-electron chi connectivity index (χ0n) is 13.2. The van der Waals surface area contributed by atoms with Crippen molar-refractivity contribution in [3.63, 3.8) is 0 Å². The normalized spacial score (nSPS) is 22.1. The first-order valence-electron chi connectivity index (χ1n) is 7.24. The topological polar surface area (TPSA) is 123 Å². The van der Waals surface area contributed by atoms with Crippen LogP contribution in [0.4, 0.5) is 0 Å². The zero-order valence-corrected chi connectivity index (χ0v) is 13.2. The Bertz CT molecular complexity index is 792. The third-order valence-electron chi connectivity index (χ3n) is 4.00. The summed E-state index contributed by atoms with van der Waals surface area (Å²) in [4.78, 5) is 1.37. The Kier molecular flexibility index (Phi) is 3.55. The number of benzene rings is 1. The Labute approximate surface area is 133 Å². The number of aryl methyl sites for hydroxylation is 1. The van der Waals surface area contributed by atoms with E-state index in [4.69, 9.17) is 10.5 Å². The summed E-state index contributed by atoms with van der Waals surface area (Å²) in [6.45, 7) is 3.56. The highest BCUT2D eigenvalue weighted by atomic mass is 16.5. The Morgan fingerprint density at radius 1 is 1.48 bits per heavy atom. The van der Waals surface area contributed by atoms with Gasteiger partial charge in [-0.05, 0) is 31.2 Å². The lowest BCUT2D eigenvalue weighted by atomic mass is 9.85.